The summed E-state index contributed by atoms with van der Waals surface area (Å²) in [4.78, 5) is 25.2. The van der Waals surface area contributed by atoms with Gasteiger partial charge in [0.05, 0.1) is 0 Å². The molecular formula is C14H13N3O2S. The van der Waals surface area contributed by atoms with Crippen LogP contribution in [0.25, 0.3) is 11.3 Å². The van der Waals surface area contributed by atoms with Gasteiger partial charge in [-0.05, 0) is 23.7 Å². The van der Waals surface area contributed by atoms with Crippen molar-refractivity contribution in [1.29, 1.82) is 0 Å². The van der Waals surface area contributed by atoms with Crippen molar-refractivity contribution >= 4 is 23.2 Å². The molecule has 5 nitrogen and oxygen atoms in total. The van der Waals surface area contributed by atoms with Gasteiger partial charge in [0.2, 0.25) is 0 Å². The molecule has 0 aliphatic carbocycles. The van der Waals surface area contributed by atoms with Crippen LogP contribution in [0, 0.1) is 0 Å². The zero-order valence-electron chi connectivity index (χ0n) is 10.8. The predicted molar refractivity (Wildman–Crippen MR) is 75.5 cm³/mol. The van der Waals surface area contributed by atoms with Crippen LogP contribution in [-0.4, -0.2) is 39.3 Å². The molecule has 1 saturated heterocycles. The van der Waals surface area contributed by atoms with Crippen molar-refractivity contribution in [3.8, 4) is 11.3 Å². The number of likely N-dealkylation sites (tertiary alicyclic amines) is 1. The van der Waals surface area contributed by atoms with Crippen molar-refractivity contribution in [2.45, 2.75) is 12.8 Å². The quantitative estimate of drug-likeness (QED) is 0.847. The second-order valence-electron chi connectivity index (χ2n) is 4.70. The van der Waals surface area contributed by atoms with E-state index < -0.39 is 0 Å². The summed E-state index contributed by atoms with van der Waals surface area (Å²) in [5.74, 6) is 0.223. The minimum Gasteiger partial charge on any atom is -0.338 e. The second-order valence-corrected chi connectivity index (χ2v) is 5.31. The normalized spacial score (nSPS) is 15.4. The third-order valence-corrected chi connectivity index (χ3v) is 3.90. The zero-order chi connectivity index (χ0) is 13.9. The van der Waals surface area contributed by atoms with E-state index in [2.05, 4.69) is 9.59 Å². The van der Waals surface area contributed by atoms with Gasteiger partial charge in [-0.15, -0.1) is 5.10 Å². The van der Waals surface area contributed by atoms with Crippen LogP contribution in [0.2, 0.25) is 0 Å². The summed E-state index contributed by atoms with van der Waals surface area (Å²) < 4.78 is 3.82. The van der Waals surface area contributed by atoms with Crippen molar-refractivity contribution in [2.75, 3.05) is 13.1 Å². The molecule has 3 rings (SSSR count). The molecule has 0 bridgehead atoms. The number of aromatic nitrogens is 2. The third-order valence-electron chi connectivity index (χ3n) is 3.40. The van der Waals surface area contributed by atoms with Crippen LogP contribution in [0.5, 0.6) is 0 Å². The molecule has 2 aromatic rings. The maximum absolute atomic E-state index is 12.3. The van der Waals surface area contributed by atoms with E-state index in [9.17, 15) is 9.59 Å². The number of rotatable bonds is 2. The minimum atomic E-state index is -0.0135. The average molecular weight is 287 g/mol. The van der Waals surface area contributed by atoms with Crippen LogP contribution in [0.3, 0.4) is 0 Å². The lowest BCUT2D eigenvalue weighted by Crippen LogP contribution is -2.38. The van der Waals surface area contributed by atoms with Gasteiger partial charge in [-0.2, -0.15) is 0 Å². The molecule has 20 heavy (non-hydrogen) atoms. The number of hydrogen-bond acceptors (Lipinski definition) is 5. The number of carbonyl (C=O) groups excluding carboxylic acids is 2. The SMILES string of the molecule is O=C1CCN(C(=O)c2ccc(-c3csnn3)cc2)CC1. The van der Waals surface area contributed by atoms with Crippen molar-refractivity contribution < 1.29 is 9.59 Å². The highest BCUT2D eigenvalue weighted by molar-refractivity contribution is 7.03. The first-order valence-electron chi connectivity index (χ1n) is 6.42. The Morgan fingerprint density at radius 1 is 1.15 bits per heavy atom. The van der Waals surface area contributed by atoms with Gasteiger partial charge in [0.15, 0.2) is 0 Å². The highest BCUT2D eigenvalue weighted by atomic mass is 32.1. The van der Waals surface area contributed by atoms with Gasteiger partial charge in [0.1, 0.15) is 11.5 Å². The molecule has 1 fully saturated rings. The van der Waals surface area contributed by atoms with E-state index in [1.54, 1.807) is 17.0 Å². The molecule has 1 amide bonds. The van der Waals surface area contributed by atoms with E-state index in [1.165, 1.54) is 11.5 Å². The molecule has 1 aliphatic heterocycles. The Bertz CT molecular complexity index is 612. The number of nitrogens with zero attached hydrogens (tertiary/aromatic N) is 3. The largest absolute Gasteiger partial charge is 0.338 e. The highest BCUT2D eigenvalue weighted by Gasteiger charge is 2.21. The van der Waals surface area contributed by atoms with Gasteiger partial charge < -0.3 is 4.90 Å². The zero-order valence-corrected chi connectivity index (χ0v) is 11.6. The molecule has 6 heteroatoms. The van der Waals surface area contributed by atoms with Crippen LogP contribution < -0.4 is 0 Å². The smallest absolute Gasteiger partial charge is 0.253 e. The van der Waals surface area contributed by atoms with Crippen molar-refractivity contribution in [3.05, 3.63) is 35.2 Å². The molecule has 1 aliphatic rings. The van der Waals surface area contributed by atoms with Gasteiger partial charge in [-0.3, -0.25) is 9.59 Å². The lowest BCUT2D eigenvalue weighted by atomic mass is 10.1. The van der Waals surface area contributed by atoms with Crippen LogP contribution in [0.4, 0.5) is 0 Å². The van der Waals surface area contributed by atoms with E-state index >= 15 is 0 Å². The number of piperidine rings is 1. The van der Waals surface area contributed by atoms with Crippen LogP contribution in [0.1, 0.15) is 23.2 Å². The summed E-state index contributed by atoms with van der Waals surface area (Å²) in [6.45, 7) is 1.05. The standard InChI is InChI=1S/C14H13N3O2S/c18-12-5-7-17(8-6-12)14(19)11-3-1-10(2-4-11)13-9-20-16-15-13/h1-4,9H,5-8H2. The number of hydrogen-bond donors (Lipinski definition) is 0. The fourth-order valence-electron chi connectivity index (χ4n) is 2.22. The number of ketones is 1. The van der Waals surface area contributed by atoms with E-state index in [0.717, 1.165) is 11.3 Å². The summed E-state index contributed by atoms with van der Waals surface area (Å²) >= 11 is 1.30. The molecule has 1 aromatic carbocycles. The molecule has 0 spiro atoms. The van der Waals surface area contributed by atoms with E-state index in [1.807, 2.05) is 17.5 Å². The van der Waals surface area contributed by atoms with E-state index in [4.69, 9.17) is 0 Å². The summed E-state index contributed by atoms with van der Waals surface area (Å²) in [6, 6.07) is 7.35. The second kappa shape index (κ2) is 5.50. The summed E-state index contributed by atoms with van der Waals surface area (Å²) in [7, 11) is 0. The minimum absolute atomic E-state index is 0.0135. The lowest BCUT2D eigenvalue weighted by Gasteiger charge is -2.26. The third kappa shape index (κ3) is 2.60. The van der Waals surface area contributed by atoms with Crippen molar-refractivity contribution in [2.24, 2.45) is 0 Å². The number of amides is 1. The molecule has 102 valence electrons. The van der Waals surface area contributed by atoms with Gasteiger partial charge in [-0.25, -0.2) is 0 Å². The molecule has 0 atom stereocenters. The van der Waals surface area contributed by atoms with Crippen LogP contribution >= 0.6 is 11.5 Å². The molecule has 0 radical (unpaired) electrons. The number of benzene rings is 1. The maximum Gasteiger partial charge on any atom is 0.253 e. The molecule has 0 N–H and O–H groups in total. The topological polar surface area (TPSA) is 63.2 Å². The average Bonchev–Trinajstić information content (AvgIpc) is 3.02. The molecule has 0 saturated carbocycles. The maximum atomic E-state index is 12.3. The molecular weight excluding hydrogens is 274 g/mol. The molecule has 1 aromatic heterocycles. The van der Waals surface area contributed by atoms with Gasteiger partial charge in [-0.1, -0.05) is 16.6 Å². The Balaban J connectivity index is 1.74. The first-order valence-corrected chi connectivity index (χ1v) is 7.26. The number of Topliss-reactive ketones (excluding diaryl/α,β-unsaturated/α-hetero) is 1. The van der Waals surface area contributed by atoms with Gasteiger partial charge >= 0.3 is 0 Å². The van der Waals surface area contributed by atoms with Gasteiger partial charge in [0.25, 0.3) is 5.91 Å². The first kappa shape index (κ1) is 12.9. The Morgan fingerprint density at radius 3 is 2.45 bits per heavy atom. The number of carbonyl (C=O) groups is 2. The predicted octanol–water partition coefficient (Wildman–Crippen LogP) is 2.01. The Kier molecular flexibility index (Phi) is 3.56. The fraction of sp³-hybridized carbons (Fsp3) is 0.286. The van der Waals surface area contributed by atoms with Crippen molar-refractivity contribution in [3.63, 3.8) is 0 Å². The van der Waals surface area contributed by atoms with E-state index in [-0.39, 0.29) is 11.7 Å². The Morgan fingerprint density at radius 2 is 1.85 bits per heavy atom. The molecule has 0 unspecified atom stereocenters. The summed E-state index contributed by atoms with van der Waals surface area (Å²) in [5, 5.41) is 5.86. The Hall–Kier alpha value is -2.08. The lowest BCUT2D eigenvalue weighted by molar-refractivity contribution is -0.120. The van der Waals surface area contributed by atoms with Crippen molar-refractivity contribution in [1.82, 2.24) is 14.5 Å². The van der Waals surface area contributed by atoms with Crippen LogP contribution in [0.15, 0.2) is 29.6 Å². The van der Waals surface area contributed by atoms with Crippen LogP contribution in [-0.2, 0) is 4.79 Å². The highest BCUT2D eigenvalue weighted by Crippen LogP contribution is 2.19. The summed E-state index contributed by atoms with van der Waals surface area (Å²) in [5.41, 5.74) is 2.41. The first-order chi connectivity index (χ1) is 9.74. The van der Waals surface area contributed by atoms with Gasteiger partial charge in [0, 0.05) is 42.4 Å². The Labute approximate surface area is 120 Å². The molecule has 2 heterocycles. The van der Waals surface area contributed by atoms with E-state index in [0.29, 0.717) is 31.5 Å². The monoisotopic (exact) mass is 287 g/mol. The fourth-order valence-corrected chi connectivity index (χ4v) is 2.68. The summed E-state index contributed by atoms with van der Waals surface area (Å²) in [6.07, 6.45) is 0.933.